The number of halogens is 1. The number of ether oxygens (including phenoxy) is 1. The predicted molar refractivity (Wildman–Crippen MR) is 138 cm³/mol. The fraction of sp³-hybridized carbons (Fsp3) is 0.296. The lowest BCUT2D eigenvalue weighted by atomic mass is 10.0. The summed E-state index contributed by atoms with van der Waals surface area (Å²) < 4.78 is 5.97. The van der Waals surface area contributed by atoms with E-state index in [1.807, 2.05) is 50.2 Å². The molecule has 0 aromatic heterocycles. The molecule has 3 aromatic rings. The summed E-state index contributed by atoms with van der Waals surface area (Å²) in [6.07, 6.45) is 3.57. The van der Waals surface area contributed by atoms with E-state index in [1.165, 1.54) is 0 Å². The molecule has 0 heterocycles. The number of carbonyl (C=O) groups is 2. The van der Waals surface area contributed by atoms with E-state index in [9.17, 15) is 9.59 Å². The van der Waals surface area contributed by atoms with Crippen LogP contribution in [0.25, 0.3) is 10.8 Å². The van der Waals surface area contributed by atoms with Crippen LogP contribution in [0.4, 0.5) is 0 Å². The van der Waals surface area contributed by atoms with Gasteiger partial charge in [0.25, 0.3) is 11.8 Å². The van der Waals surface area contributed by atoms with E-state index in [-0.39, 0.29) is 5.92 Å². The third-order valence-electron chi connectivity index (χ3n) is 5.41. The van der Waals surface area contributed by atoms with Gasteiger partial charge in [0.15, 0.2) is 0 Å². The Balaban J connectivity index is 1.77. The second-order valence-electron chi connectivity index (χ2n) is 8.31. The minimum absolute atomic E-state index is 0.160. The van der Waals surface area contributed by atoms with E-state index < -0.39 is 17.9 Å². The van der Waals surface area contributed by atoms with E-state index in [0.717, 1.165) is 29.2 Å². The van der Waals surface area contributed by atoms with Crippen molar-refractivity contribution in [2.75, 3.05) is 6.61 Å². The first kappa shape index (κ1) is 25.2. The van der Waals surface area contributed by atoms with E-state index in [1.54, 1.807) is 30.5 Å². The lowest BCUT2D eigenvalue weighted by Gasteiger charge is -2.20. The van der Waals surface area contributed by atoms with Crippen LogP contribution in [-0.2, 0) is 4.79 Å². The molecular formula is C27H30ClN3O3. The highest BCUT2D eigenvalue weighted by Gasteiger charge is 2.25. The van der Waals surface area contributed by atoms with E-state index in [0.29, 0.717) is 22.9 Å². The fourth-order valence-corrected chi connectivity index (χ4v) is 3.71. The molecule has 178 valence electrons. The van der Waals surface area contributed by atoms with Crippen molar-refractivity contribution in [3.8, 4) is 5.75 Å². The first-order valence-electron chi connectivity index (χ1n) is 11.4. The van der Waals surface area contributed by atoms with E-state index in [4.69, 9.17) is 16.3 Å². The molecule has 0 aliphatic heterocycles. The molecule has 0 fully saturated rings. The molecule has 2 N–H and O–H groups in total. The minimum atomic E-state index is -0.784. The van der Waals surface area contributed by atoms with Crippen molar-refractivity contribution in [2.45, 2.75) is 39.7 Å². The van der Waals surface area contributed by atoms with Gasteiger partial charge in [0.1, 0.15) is 11.8 Å². The second-order valence-corrected chi connectivity index (χ2v) is 8.72. The average Bonchev–Trinajstić information content (AvgIpc) is 2.83. The van der Waals surface area contributed by atoms with Gasteiger partial charge in [0.2, 0.25) is 0 Å². The summed E-state index contributed by atoms with van der Waals surface area (Å²) in [5.74, 6) is -0.283. The molecule has 3 aromatic carbocycles. The quantitative estimate of drug-likeness (QED) is 0.226. The van der Waals surface area contributed by atoms with Gasteiger partial charge in [-0.15, -0.1) is 0 Å². The Hall–Kier alpha value is -3.38. The lowest BCUT2D eigenvalue weighted by Crippen LogP contribution is -2.48. The summed E-state index contributed by atoms with van der Waals surface area (Å²) >= 11 is 6.12. The Morgan fingerprint density at radius 2 is 1.79 bits per heavy atom. The normalized spacial score (nSPS) is 12.1. The van der Waals surface area contributed by atoms with Crippen LogP contribution < -0.4 is 15.5 Å². The van der Waals surface area contributed by atoms with Gasteiger partial charge in [0.05, 0.1) is 23.4 Å². The molecule has 0 saturated heterocycles. The van der Waals surface area contributed by atoms with Gasteiger partial charge < -0.3 is 10.1 Å². The largest absolute Gasteiger partial charge is 0.493 e. The number of hydrogen-bond donors (Lipinski definition) is 2. The van der Waals surface area contributed by atoms with Gasteiger partial charge in [-0.1, -0.05) is 81.3 Å². The van der Waals surface area contributed by atoms with Crippen LogP contribution in [-0.4, -0.2) is 30.7 Å². The Kier molecular flexibility index (Phi) is 9.05. The Bertz CT molecular complexity index is 1180. The van der Waals surface area contributed by atoms with Gasteiger partial charge in [0, 0.05) is 5.56 Å². The number of rotatable bonds is 10. The van der Waals surface area contributed by atoms with Crippen LogP contribution >= 0.6 is 11.6 Å². The molecule has 2 amide bonds. The number of nitrogens with zero attached hydrogens (tertiary/aromatic N) is 1. The van der Waals surface area contributed by atoms with Crippen molar-refractivity contribution in [3.63, 3.8) is 0 Å². The van der Waals surface area contributed by atoms with Crippen molar-refractivity contribution in [1.82, 2.24) is 10.7 Å². The van der Waals surface area contributed by atoms with Crippen molar-refractivity contribution in [1.29, 1.82) is 0 Å². The van der Waals surface area contributed by atoms with E-state index in [2.05, 4.69) is 22.8 Å². The summed E-state index contributed by atoms with van der Waals surface area (Å²) in [7, 11) is 0. The Morgan fingerprint density at radius 3 is 2.53 bits per heavy atom. The van der Waals surface area contributed by atoms with E-state index >= 15 is 0 Å². The van der Waals surface area contributed by atoms with Crippen LogP contribution in [0.1, 0.15) is 49.5 Å². The number of amides is 2. The van der Waals surface area contributed by atoms with Gasteiger partial charge in [-0.2, -0.15) is 5.10 Å². The number of unbranched alkanes of at least 4 members (excludes halogenated alkanes) is 1. The molecular weight excluding hydrogens is 450 g/mol. The van der Waals surface area contributed by atoms with Crippen molar-refractivity contribution >= 4 is 40.4 Å². The molecule has 3 rings (SSSR count). The molecule has 6 nitrogen and oxygen atoms in total. The molecule has 0 spiro atoms. The summed E-state index contributed by atoms with van der Waals surface area (Å²) in [5, 5.41) is 9.31. The fourth-order valence-electron chi connectivity index (χ4n) is 3.49. The zero-order chi connectivity index (χ0) is 24.5. The smallest absolute Gasteiger partial charge is 0.262 e. The molecule has 0 aliphatic rings. The first-order valence-corrected chi connectivity index (χ1v) is 11.8. The number of carbonyl (C=O) groups excluding carboxylic acids is 2. The molecule has 1 unspecified atom stereocenters. The number of nitrogens with one attached hydrogen (secondary N) is 2. The van der Waals surface area contributed by atoms with Crippen LogP contribution in [0.5, 0.6) is 5.75 Å². The molecule has 34 heavy (non-hydrogen) atoms. The zero-order valence-corrected chi connectivity index (χ0v) is 20.4. The average molecular weight is 480 g/mol. The van der Waals surface area contributed by atoms with Crippen molar-refractivity contribution in [2.24, 2.45) is 11.0 Å². The zero-order valence-electron chi connectivity index (χ0n) is 19.7. The van der Waals surface area contributed by atoms with Crippen LogP contribution in [0.2, 0.25) is 5.02 Å². The maximum absolute atomic E-state index is 12.9. The highest BCUT2D eigenvalue weighted by molar-refractivity contribution is 6.33. The topological polar surface area (TPSA) is 79.8 Å². The standard InChI is InChI=1S/C27H30ClN3O3/c1-4-5-16-34-24-15-14-19-10-6-7-11-20(19)22(24)17-29-31-27(33)25(18(2)3)30-26(32)21-12-8-9-13-23(21)28/h6-15,17-18,25H,4-5,16H2,1-3H3,(H,30,32)(H,31,33). The number of hydrazone groups is 1. The number of benzene rings is 3. The maximum Gasteiger partial charge on any atom is 0.262 e. The highest BCUT2D eigenvalue weighted by Crippen LogP contribution is 2.27. The molecule has 0 radical (unpaired) electrons. The monoisotopic (exact) mass is 479 g/mol. The van der Waals surface area contributed by atoms with Gasteiger partial charge in [-0.05, 0) is 41.3 Å². The number of hydrogen-bond acceptors (Lipinski definition) is 4. The SMILES string of the molecule is CCCCOc1ccc2ccccc2c1C=NNC(=O)C(NC(=O)c1ccccc1Cl)C(C)C. The Morgan fingerprint density at radius 1 is 1.06 bits per heavy atom. The maximum atomic E-state index is 12.9. The highest BCUT2D eigenvalue weighted by atomic mass is 35.5. The minimum Gasteiger partial charge on any atom is -0.493 e. The predicted octanol–water partition coefficient (Wildman–Crippen LogP) is 5.58. The van der Waals surface area contributed by atoms with Gasteiger partial charge >= 0.3 is 0 Å². The van der Waals surface area contributed by atoms with Crippen LogP contribution in [0.3, 0.4) is 0 Å². The molecule has 0 aliphatic carbocycles. The molecule has 0 bridgehead atoms. The Labute approximate surface area is 205 Å². The lowest BCUT2D eigenvalue weighted by molar-refractivity contribution is -0.123. The first-order chi connectivity index (χ1) is 16.4. The van der Waals surface area contributed by atoms with Gasteiger partial charge in [-0.3, -0.25) is 9.59 Å². The molecule has 1 atom stereocenters. The van der Waals surface area contributed by atoms with Crippen LogP contribution in [0.15, 0.2) is 65.8 Å². The summed E-state index contributed by atoms with van der Waals surface area (Å²) in [5.41, 5.74) is 3.67. The third-order valence-corrected chi connectivity index (χ3v) is 5.74. The third kappa shape index (κ3) is 6.35. The number of fused-ring (bicyclic) bond motifs is 1. The summed E-state index contributed by atoms with van der Waals surface area (Å²) in [6, 6.07) is 17.8. The summed E-state index contributed by atoms with van der Waals surface area (Å²) in [6.45, 7) is 6.42. The second kappa shape index (κ2) is 12.2. The van der Waals surface area contributed by atoms with Gasteiger partial charge in [-0.25, -0.2) is 5.43 Å². The van der Waals surface area contributed by atoms with Crippen molar-refractivity contribution < 1.29 is 14.3 Å². The van der Waals surface area contributed by atoms with Crippen molar-refractivity contribution in [3.05, 3.63) is 76.8 Å². The molecule has 0 saturated carbocycles. The summed E-state index contributed by atoms with van der Waals surface area (Å²) in [4.78, 5) is 25.5. The molecule has 7 heteroatoms. The van der Waals surface area contributed by atoms with Crippen LogP contribution in [0, 0.1) is 5.92 Å².